The predicted molar refractivity (Wildman–Crippen MR) is 79.4 cm³/mol. The Morgan fingerprint density at radius 3 is 2.61 bits per heavy atom. The van der Waals surface area contributed by atoms with Crippen molar-refractivity contribution in [3.63, 3.8) is 0 Å². The Morgan fingerprint density at radius 2 is 2.00 bits per heavy atom. The number of rotatable bonds is 4. The van der Waals surface area contributed by atoms with Crippen LogP contribution in [-0.4, -0.2) is 12.0 Å². The van der Waals surface area contributed by atoms with E-state index in [1.807, 2.05) is 7.05 Å². The van der Waals surface area contributed by atoms with E-state index in [1.54, 1.807) is 0 Å². The van der Waals surface area contributed by atoms with Crippen LogP contribution in [0.15, 0.2) is 24.3 Å². The van der Waals surface area contributed by atoms with E-state index in [0.717, 1.165) is 17.6 Å². The van der Waals surface area contributed by atoms with Crippen LogP contribution in [-0.2, 0) is 6.42 Å². The maximum absolute atomic E-state index is 4.69. The number of fused-ring (bicyclic) bond motifs is 1. The van der Waals surface area contributed by atoms with Gasteiger partial charge in [-0.15, -0.1) is 0 Å². The van der Waals surface area contributed by atoms with Gasteiger partial charge in [0.05, 0.1) is 5.52 Å². The summed E-state index contributed by atoms with van der Waals surface area (Å²) in [5, 5.41) is 4.52. The van der Waals surface area contributed by atoms with Crippen molar-refractivity contribution >= 4 is 16.6 Å². The first-order valence-corrected chi connectivity index (χ1v) is 6.80. The number of nitrogens with zero attached hydrogens (tertiary/aromatic N) is 1. The van der Waals surface area contributed by atoms with Gasteiger partial charge in [0.1, 0.15) is 0 Å². The van der Waals surface area contributed by atoms with Crippen LogP contribution in [0.3, 0.4) is 0 Å². The summed E-state index contributed by atoms with van der Waals surface area (Å²) < 4.78 is 0. The fraction of sp³-hybridized carbons (Fsp3) is 0.438. The first kappa shape index (κ1) is 12.9. The molecular weight excluding hydrogens is 220 g/mol. The summed E-state index contributed by atoms with van der Waals surface area (Å²) in [6, 6.07) is 8.80. The van der Waals surface area contributed by atoms with Crippen LogP contribution in [0.1, 0.15) is 44.4 Å². The van der Waals surface area contributed by atoms with Gasteiger partial charge in [0, 0.05) is 23.8 Å². The van der Waals surface area contributed by atoms with E-state index in [1.165, 1.54) is 23.1 Å². The molecule has 1 unspecified atom stereocenters. The average molecular weight is 242 g/mol. The molecule has 1 heterocycles. The zero-order valence-electron chi connectivity index (χ0n) is 11.7. The molecule has 96 valence electrons. The molecule has 0 fully saturated rings. The minimum atomic E-state index is 0.602. The lowest BCUT2D eigenvalue weighted by Gasteiger charge is -2.13. The lowest BCUT2D eigenvalue weighted by Crippen LogP contribution is -1.98. The number of aromatic nitrogens is 1. The number of pyridine rings is 1. The van der Waals surface area contributed by atoms with Crippen molar-refractivity contribution in [2.45, 2.75) is 39.5 Å². The molecule has 1 aromatic carbocycles. The molecule has 2 aromatic rings. The molecule has 0 bridgehead atoms. The van der Waals surface area contributed by atoms with E-state index in [-0.39, 0.29) is 0 Å². The molecule has 2 nitrogen and oxygen atoms in total. The summed E-state index contributed by atoms with van der Waals surface area (Å²) in [7, 11) is 1.98. The number of aryl methyl sites for hydroxylation is 1. The van der Waals surface area contributed by atoms with E-state index in [2.05, 4.69) is 55.3 Å². The van der Waals surface area contributed by atoms with Crippen molar-refractivity contribution in [3.8, 4) is 0 Å². The third-order valence-electron chi connectivity index (χ3n) is 3.70. The zero-order valence-corrected chi connectivity index (χ0v) is 11.7. The fourth-order valence-corrected chi connectivity index (χ4v) is 2.23. The molecule has 1 atom stereocenters. The van der Waals surface area contributed by atoms with Gasteiger partial charge >= 0.3 is 0 Å². The lowest BCUT2D eigenvalue weighted by atomic mass is 9.96. The molecule has 0 aliphatic carbocycles. The molecule has 0 aliphatic rings. The van der Waals surface area contributed by atoms with Crippen LogP contribution >= 0.6 is 0 Å². The zero-order chi connectivity index (χ0) is 13.1. The molecule has 1 N–H and O–H groups in total. The van der Waals surface area contributed by atoms with Crippen LogP contribution in [0, 0.1) is 0 Å². The fourth-order valence-electron chi connectivity index (χ4n) is 2.23. The summed E-state index contributed by atoms with van der Waals surface area (Å²) in [6.07, 6.45) is 2.14. The number of hydrogen-bond donors (Lipinski definition) is 1. The Labute approximate surface area is 109 Å². The van der Waals surface area contributed by atoms with Gasteiger partial charge < -0.3 is 5.32 Å². The predicted octanol–water partition coefficient (Wildman–Crippen LogP) is 4.35. The largest absolute Gasteiger partial charge is 0.388 e. The number of benzene rings is 1. The molecule has 0 saturated carbocycles. The van der Waals surface area contributed by atoms with E-state index in [9.17, 15) is 0 Å². The molecule has 0 aliphatic heterocycles. The maximum Gasteiger partial charge on any atom is 0.0726 e. The highest BCUT2D eigenvalue weighted by Crippen LogP contribution is 2.28. The normalized spacial score (nSPS) is 12.7. The van der Waals surface area contributed by atoms with Crippen LogP contribution in [0.2, 0.25) is 0 Å². The van der Waals surface area contributed by atoms with Crippen molar-refractivity contribution in [1.82, 2.24) is 4.98 Å². The highest BCUT2D eigenvalue weighted by Gasteiger charge is 2.08. The van der Waals surface area contributed by atoms with Crippen molar-refractivity contribution < 1.29 is 0 Å². The second-order valence-electron chi connectivity index (χ2n) is 4.85. The van der Waals surface area contributed by atoms with Crippen LogP contribution < -0.4 is 5.32 Å². The van der Waals surface area contributed by atoms with E-state index in [4.69, 9.17) is 0 Å². The van der Waals surface area contributed by atoms with Crippen LogP contribution in [0.25, 0.3) is 10.9 Å². The lowest BCUT2D eigenvalue weighted by molar-refractivity contribution is 0.734. The minimum absolute atomic E-state index is 0.602. The Balaban J connectivity index is 2.61. The second kappa shape index (κ2) is 5.38. The summed E-state index contributed by atoms with van der Waals surface area (Å²) in [6.45, 7) is 6.64. The number of nitrogens with one attached hydrogen (secondary N) is 1. The third-order valence-corrected chi connectivity index (χ3v) is 3.70. The van der Waals surface area contributed by atoms with Gasteiger partial charge in [-0.05, 0) is 42.5 Å². The monoisotopic (exact) mass is 242 g/mol. The van der Waals surface area contributed by atoms with Crippen LogP contribution in [0.5, 0.6) is 0 Å². The van der Waals surface area contributed by atoms with Gasteiger partial charge in [0.15, 0.2) is 0 Å². The first-order chi connectivity index (χ1) is 8.69. The second-order valence-corrected chi connectivity index (χ2v) is 4.85. The average Bonchev–Trinajstić information content (AvgIpc) is 2.44. The summed E-state index contributed by atoms with van der Waals surface area (Å²) in [4.78, 5) is 4.69. The minimum Gasteiger partial charge on any atom is -0.388 e. The molecule has 18 heavy (non-hydrogen) atoms. The van der Waals surface area contributed by atoms with Crippen molar-refractivity contribution in [2.24, 2.45) is 0 Å². The molecule has 0 amide bonds. The Kier molecular flexibility index (Phi) is 3.85. The van der Waals surface area contributed by atoms with Crippen LogP contribution in [0.4, 0.5) is 5.69 Å². The van der Waals surface area contributed by atoms with Gasteiger partial charge in [-0.1, -0.05) is 26.8 Å². The van der Waals surface area contributed by atoms with Crippen molar-refractivity contribution in [3.05, 3.63) is 35.5 Å². The smallest absolute Gasteiger partial charge is 0.0726 e. The third kappa shape index (κ3) is 2.33. The molecule has 2 heteroatoms. The molecule has 1 aromatic heterocycles. The molecule has 2 rings (SSSR count). The Bertz CT molecular complexity index is 546. The van der Waals surface area contributed by atoms with Crippen molar-refractivity contribution in [1.29, 1.82) is 0 Å². The topological polar surface area (TPSA) is 24.9 Å². The molecule has 0 saturated heterocycles. The highest BCUT2D eigenvalue weighted by molar-refractivity contribution is 5.92. The standard InChI is InChI=1S/C16H22N2/c1-5-11(3)12-7-8-15-14(9-12)16(17-4)10-13(6-2)18-15/h7-11H,5-6H2,1-4H3,(H,17,18). The number of anilines is 1. The summed E-state index contributed by atoms with van der Waals surface area (Å²) in [5.41, 5.74) is 4.81. The molecule has 0 radical (unpaired) electrons. The van der Waals surface area contributed by atoms with Crippen molar-refractivity contribution in [2.75, 3.05) is 12.4 Å². The van der Waals surface area contributed by atoms with Gasteiger partial charge in [0.2, 0.25) is 0 Å². The summed E-state index contributed by atoms with van der Waals surface area (Å²) >= 11 is 0. The highest BCUT2D eigenvalue weighted by atomic mass is 14.8. The SMILES string of the molecule is CCc1cc(NC)c2cc(C(C)CC)ccc2n1. The van der Waals surface area contributed by atoms with Gasteiger partial charge in [-0.25, -0.2) is 0 Å². The van der Waals surface area contributed by atoms with Gasteiger partial charge in [0.25, 0.3) is 0 Å². The molecule has 0 spiro atoms. The van der Waals surface area contributed by atoms with E-state index in [0.29, 0.717) is 5.92 Å². The summed E-state index contributed by atoms with van der Waals surface area (Å²) in [5.74, 6) is 0.602. The Morgan fingerprint density at radius 1 is 1.22 bits per heavy atom. The maximum atomic E-state index is 4.69. The first-order valence-electron chi connectivity index (χ1n) is 6.80. The van der Waals surface area contributed by atoms with E-state index >= 15 is 0 Å². The van der Waals surface area contributed by atoms with E-state index < -0.39 is 0 Å². The van der Waals surface area contributed by atoms with Gasteiger partial charge in [-0.2, -0.15) is 0 Å². The quantitative estimate of drug-likeness (QED) is 0.862. The Hall–Kier alpha value is -1.57. The van der Waals surface area contributed by atoms with Gasteiger partial charge in [-0.3, -0.25) is 4.98 Å². The molecular formula is C16H22N2. The number of hydrogen-bond acceptors (Lipinski definition) is 2.